The van der Waals surface area contributed by atoms with Crippen LogP contribution in [0.4, 0.5) is 5.69 Å². The van der Waals surface area contributed by atoms with E-state index in [1.165, 1.54) is 4.31 Å². The first-order valence-electron chi connectivity index (χ1n) is 7.78. The minimum Gasteiger partial charge on any atom is -0.388 e. The molecular formula is C17H19NO3S. The average Bonchev–Trinajstić information content (AvgIpc) is 2.72. The summed E-state index contributed by atoms with van der Waals surface area (Å²) in [5.41, 5.74) is -0.206. The van der Waals surface area contributed by atoms with Crippen molar-refractivity contribution in [2.45, 2.75) is 42.6 Å². The van der Waals surface area contributed by atoms with Crippen LogP contribution in [0.15, 0.2) is 41.3 Å². The third kappa shape index (κ3) is 1.96. The number of hydrogen-bond acceptors (Lipinski definition) is 3. The molecule has 1 aliphatic heterocycles. The van der Waals surface area contributed by atoms with E-state index in [0.717, 1.165) is 30.0 Å². The summed E-state index contributed by atoms with van der Waals surface area (Å²) in [7, 11) is -3.56. The molecule has 4 rings (SSSR count). The molecule has 2 aromatic carbocycles. The molecule has 1 heterocycles. The van der Waals surface area contributed by atoms with Gasteiger partial charge in [0, 0.05) is 5.39 Å². The minimum atomic E-state index is -3.56. The first-order valence-corrected chi connectivity index (χ1v) is 9.22. The summed E-state index contributed by atoms with van der Waals surface area (Å²) in [5.74, 6) is 0. The molecule has 116 valence electrons. The molecule has 0 saturated heterocycles. The molecule has 22 heavy (non-hydrogen) atoms. The molecule has 4 nitrogen and oxygen atoms in total. The third-order valence-corrected chi connectivity index (χ3v) is 6.71. The summed E-state index contributed by atoms with van der Waals surface area (Å²) in [5, 5.41) is 12.5. The number of nitrogens with zero attached hydrogens (tertiary/aromatic N) is 1. The second-order valence-corrected chi connectivity index (χ2v) is 8.26. The Kier molecular flexibility index (Phi) is 3.00. The standard InChI is InChI=1S/C17H19NO3S/c19-17(10-2-1-3-11-17)12-18-14-8-4-6-13-7-5-9-15(16(13)14)22(18,20)21/h4-9,19H,1-3,10-12H2. The second-order valence-electron chi connectivity index (χ2n) is 6.43. The van der Waals surface area contributed by atoms with E-state index in [9.17, 15) is 13.5 Å². The molecule has 1 saturated carbocycles. The van der Waals surface area contributed by atoms with Gasteiger partial charge in [0.2, 0.25) is 0 Å². The summed E-state index contributed by atoms with van der Waals surface area (Å²) in [6.45, 7) is 0.156. The van der Waals surface area contributed by atoms with Crippen LogP contribution in [0.25, 0.3) is 10.8 Å². The molecule has 0 unspecified atom stereocenters. The van der Waals surface area contributed by atoms with Gasteiger partial charge >= 0.3 is 0 Å². The summed E-state index contributed by atoms with van der Waals surface area (Å²) in [6, 6.07) is 11.0. The zero-order valence-corrected chi connectivity index (χ0v) is 13.1. The van der Waals surface area contributed by atoms with E-state index in [1.54, 1.807) is 12.1 Å². The SMILES string of the molecule is O=S1(=O)c2cccc3cccc(c23)N1CC1(O)CCCCC1. The van der Waals surface area contributed by atoms with Crippen molar-refractivity contribution in [3.63, 3.8) is 0 Å². The Morgan fingerprint density at radius 3 is 2.45 bits per heavy atom. The van der Waals surface area contributed by atoms with Crippen LogP contribution >= 0.6 is 0 Å². The third-order valence-electron chi connectivity index (χ3n) is 4.90. The van der Waals surface area contributed by atoms with Crippen molar-refractivity contribution >= 4 is 26.5 Å². The molecule has 0 spiro atoms. The van der Waals surface area contributed by atoms with Gasteiger partial charge < -0.3 is 5.11 Å². The summed E-state index contributed by atoms with van der Waals surface area (Å²) >= 11 is 0. The monoisotopic (exact) mass is 317 g/mol. The average molecular weight is 317 g/mol. The van der Waals surface area contributed by atoms with Gasteiger partial charge in [-0.05, 0) is 30.4 Å². The molecule has 0 aromatic heterocycles. The fourth-order valence-corrected chi connectivity index (χ4v) is 5.55. The lowest BCUT2D eigenvalue weighted by Crippen LogP contribution is -2.45. The predicted molar refractivity (Wildman–Crippen MR) is 86.5 cm³/mol. The molecule has 0 atom stereocenters. The highest BCUT2D eigenvalue weighted by Crippen LogP contribution is 2.43. The zero-order valence-electron chi connectivity index (χ0n) is 12.3. The van der Waals surface area contributed by atoms with Gasteiger partial charge in [0.15, 0.2) is 0 Å². The van der Waals surface area contributed by atoms with Crippen LogP contribution in [-0.2, 0) is 10.0 Å². The Labute approximate surface area is 130 Å². The fourth-order valence-electron chi connectivity index (χ4n) is 3.76. The van der Waals surface area contributed by atoms with Crippen LogP contribution in [0.1, 0.15) is 32.1 Å². The highest BCUT2D eigenvalue weighted by atomic mass is 32.2. The molecule has 0 amide bonds. The molecule has 0 radical (unpaired) electrons. The number of benzene rings is 2. The van der Waals surface area contributed by atoms with E-state index in [1.807, 2.05) is 24.3 Å². The molecular weight excluding hydrogens is 298 g/mol. The lowest BCUT2D eigenvalue weighted by Gasteiger charge is -2.35. The van der Waals surface area contributed by atoms with Gasteiger partial charge in [-0.2, -0.15) is 0 Å². The zero-order chi connectivity index (χ0) is 15.4. The Morgan fingerprint density at radius 2 is 1.73 bits per heavy atom. The number of sulfonamides is 1. The van der Waals surface area contributed by atoms with Crippen molar-refractivity contribution < 1.29 is 13.5 Å². The normalized spacial score (nSPS) is 22.1. The first-order chi connectivity index (χ1) is 10.5. The maximum atomic E-state index is 12.9. The van der Waals surface area contributed by atoms with Gasteiger partial charge in [0.25, 0.3) is 10.0 Å². The van der Waals surface area contributed by atoms with Gasteiger partial charge in [-0.25, -0.2) is 8.42 Å². The molecule has 1 fully saturated rings. The van der Waals surface area contributed by atoms with E-state index in [2.05, 4.69) is 0 Å². The maximum Gasteiger partial charge on any atom is 0.265 e. The van der Waals surface area contributed by atoms with E-state index < -0.39 is 15.6 Å². The number of β-amino-alcohol motifs (C(OH)–C–C–N with tert-alkyl or cyclic N) is 1. The van der Waals surface area contributed by atoms with Crippen molar-refractivity contribution in [2.75, 3.05) is 10.8 Å². The fraction of sp³-hybridized carbons (Fsp3) is 0.412. The smallest absolute Gasteiger partial charge is 0.265 e. The van der Waals surface area contributed by atoms with Gasteiger partial charge in [0.1, 0.15) is 0 Å². The van der Waals surface area contributed by atoms with E-state index in [0.29, 0.717) is 23.4 Å². The maximum absolute atomic E-state index is 12.9. The molecule has 2 aliphatic rings. The molecule has 5 heteroatoms. The summed E-state index contributed by atoms with van der Waals surface area (Å²) < 4.78 is 27.2. The van der Waals surface area contributed by atoms with Crippen LogP contribution in [-0.4, -0.2) is 25.7 Å². The van der Waals surface area contributed by atoms with Crippen LogP contribution in [0.5, 0.6) is 0 Å². The van der Waals surface area contributed by atoms with E-state index in [-0.39, 0.29) is 6.54 Å². The Balaban J connectivity index is 1.83. The lowest BCUT2D eigenvalue weighted by atomic mass is 9.85. The summed E-state index contributed by atoms with van der Waals surface area (Å²) in [6.07, 6.45) is 4.38. The van der Waals surface area contributed by atoms with Crippen LogP contribution in [0.3, 0.4) is 0 Å². The number of anilines is 1. The van der Waals surface area contributed by atoms with E-state index >= 15 is 0 Å². The van der Waals surface area contributed by atoms with Gasteiger partial charge in [-0.1, -0.05) is 43.5 Å². The summed E-state index contributed by atoms with van der Waals surface area (Å²) in [4.78, 5) is 0.361. The highest BCUT2D eigenvalue weighted by Gasteiger charge is 2.41. The van der Waals surface area contributed by atoms with Crippen molar-refractivity contribution in [2.24, 2.45) is 0 Å². The van der Waals surface area contributed by atoms with Gasteiger partial charge in [-0.3, -0.25) is 4.31 Å². The number of hydrogen-bond donors (Lipinski definition) is 1. The van der Waals surface area contributed by atoms with Crippen LogP contribution in [0, 0.1) is 0 Å². The van der Waals surface area contributed by atoms with Crippen molar-refractivity contribution in [3.8, 4) is 0 Å². The minimum absolute atomic E-state index is 0.156. The second kappa shape index (κ2) is 4.70. The highest BCUT2D eigenvalue weighted by molar-refractivity contribution is 7.93. The molecule has 0 bridgehead atoms. The quantitative estimate of drug-likeness (QED) is 0.926. The molecule has 2 aromatic rings. The number of rotatable bonds is 2. The Morgan fingerprint density at radius 1 is 1.05 bits per heavy atom. The van der Waals surface area contributed by atoms with Crippen molar-refractivity contribution in [1.82, 2.24) is 0 Å². The van der Waals surface area contributed by atoms with Crippen molar-refractivity contribution in [1.29, 1.82) is 0 Å². The van der Waals surface area contributed by atoms with Crippen LogP contribution in [0.2, 0.25) is 0 Å². The van der Waals surface area contributed by atoms with E-state index in [4.69, 9.17) is 0 Å². The molecule has 1 aliphatic carbocycles. The number of aliphatic hydroxyl groups is 1. The van der Waals surface area contributed by atoms with Gasteiger partial charge in [0.05, 0.1) is 22.7 Å². The van der Waals surface area contributed by atoms with Gasteiger partial charge in [-0.15, -0.1) is 0 Å². The first kappa shape index (κ1) is 14.0. The van der Waals surface area contributed by atoms with Crippen molar-refractivity contribution in [3.05, 3.63) is 36.4 Å². The topological polar surface area (TPSA) is 57.6 Å². The van der Waals surface area contributed by atoms with Crippen LogP contribution < -0.4 is 4.31 Å². The predicted octanol–water partition coefficient (Wildman–Crippen LogP) is 3.04. The largest absolute Gasteiger partial charge is 0.388 e. The lowest BCUT2D eigenvalue weighted by molar-refractivity contribution is 0.0139. The Bertz CT molecular complexity index is 833. The Hall–Kier alpha value is -1.59. The molecule has 1 N–H and O–H groups in total.